The summed E-state index contributed by atoms with van der Waals surface area (Å²) in [5, 5.41) is 11.8. The van der Waals surface area contributed by atoms with Crippen molar-refractivity contribution in [2.24, 2.45) is 0 Å². The molecule has 0 radical (unpaired) electrons. The van der Waals surface area contributed by atoms with E-state index in [-0.39, 0.29) is 23.7 Å². The van der Waals surface area contributed by atoms with Crippen LogP contribution in [0.5, 0.6) is 0 Å². The van der Waals surface area contributed by atoms with Gasteiger partial charge in [0.05, 0.1) is 11.1 Å². The lowest BCUT2D eigenvalue weighted by atomic mass is 9.82. The van der Waals surface area contributed by atoms with Crippen LogP contribution in [0.3, 0.4) is 0 Å². The van der Waals surface area contributed by atoms with Crippen molar-refractivity contribution in [3.05, 3.63) is 155 Å². The second-order valence-corrected chi connectivity index (χ2v) is 11.0. The minimum atomic E-state index is -0.152. The number of carbonyl (C=O) groups excluding carboxylic acids is 2. The van der Waals surface area contributed by atoms with Crippen molar-refractivity contribution in [2.45, 2.75) is 25.9 Å². The Hall–Kier alpha value is -5.22. The van der Waals surface area contributed by atoms with Crippen LogP contribution in [0.4, 0.5) is 11.4 Å². The van der Waals surface area contributed by atoms with Gasteiger partial charge < -0.3 is 10.6 Å². The summed E-state index contributed by atoms with van der Waals surface area (Å²) in [6, 6.07) is 39.9. The molecule has 2 N–H and O–H groups in total. The second-order valence-electron chi connectivity index (χ2n) is 11.0. The molecular weight excluding hydrogens is 516 g/mol. The molecule has 7 rings (SSSR count). The van der Waals surface area contributed by atoms with Crippen molar-refractivity contribution in [3.63, 3.8) is 0 Å². The Morgan fingerprint density at radius 1 is 0.452 bits per heavy atom. The summed E-state index contributed by atoms with van der Waals surface area (Å²) in [6.45, 7) is 4.17. The average Bonchev–Trinajstić information content (AvgIpc) is 3.03. The fourth-order valence-corrected chi connectivity index (χ4v) is 6.36. The number of hydrogen-bond donors (Lipinski definition) is 2. The van der Waals surface area contributed by atoms with E-state index >= 15 is 0 Å². The average molecular weight is 547 g/mol. The van der Waals surface area contributed by atoms with Gasteiger partial charge in [-0.25, -0.2) is 0 Å². The van der Waals surface area contributed by atoms with Gasteiger partial charge in [-0.1, -0.05) is 109 Å². The van der Waals surface area contributed by atoms with E-state index in [0.717, 1.165) is 32.7 Å². The van der Waals surface area contributed by atoms with Crippen molar-refractivity contribution in [1.29, 1.82) is 0 Å². The lowest BCUT2D eigenvalue weighted by molar-refractivity contribution is 0.0980. The summed E-state index contributed by atoms with van der Waals surface area (Å²) in [7, 11) is 0. The Balaban J connectivity index is 1.26. The van der Waals surface area contributed by atoms with E-state index in [1.54, 1.807) is 12.1 Å². The first-order valence-corrected chi connectivity index (χ1v) is 14.3. The van der Waals surface area contributed by atoms with Crippen LogP contribution >= 0.6 is 0 Å². The standard InChI is InChI=1S/C38H30N2O2/c1-23(27-17-7-13-25-11-3-5-15-29(25)27)39-33-21-9-19-31-35(33)38(42)36-32(37(31)41)20-10-22-34(36)40-24(2)28-18-8-14-26-12-4-6-16-30(26)28/h3-24,39-40H,1-2H3/t23-,24-/m0/s1. The smallest absolute Gasteiger partial charge is 0.198 e. The van der Waals surface area contributed by atoms with Crippen LogP contribution in [0.1, 0.15) is 68.9 Å². The van der Waals surface area contributed by atoms with Crippen molar-refractivity contribution in [1.82, 2.24) is 0 Å². The van der Waals surface area contributed by atoms with E-state index in [1.165, 1.54) is 0 Å². The molecule has 0 fully saturated rings. The van der Waals surface area contributed by atoms with Gasteiger partial charge in [0.15, 0.2) is 11.6 Å². The zero-order chi connectivity index (χ0) is 28.8. The van der Waals surface area contributed by atoms with E-state index in [4.69, 9.17) is 0 Å². The predicted molar refractivity (Wildman–Crippen MR) is 172 cm³/mol. The number of hydrogen-bond acceptors (Lipinski definition) is 4. The fraction of sp³-hybridized carbons (Fsp3) is 0.105. The number of anilines is 2. The summed E-state index contributed by atoms with van der Waals surface area (Å²) < 4.78 is 0. The Morgan fingerprint density at radius 3 is 1.33 bits per heavy atom. The van der Waals surface area contributed by atoms with Gasteiger partial charge in [0.2, 0.25) is 0 Å². The first-order chi connectivity index (χ1) is 20.5. The molecule has 0 aliphatic heterocycles. The molecule has 0 amide bonds. The van der Waals surface area contributed by atoms with Crippen LogP contribution in [0.2, 0.25) is 0 Å². The van der Waals surface area contributed by atoms with Crippen molar-refractivity contribution >= 4 is 44.5 Å². The van der Waals surface area contributed by atoms with E-state index in [0.29, 0.717) is 33.6 Å². The van der Waals surface area contributed by atoms with Crippen LogP contribution < -0.4 is 10.6 Å². The first kappa shape index (κ1) is 25.7. The maximum Gasteiger partial charge on any atom is 0.198 e. The van der Waals surface area contributed by atoms with Crippen molar-refractivity contribution in [3.8, 4) is 0 Å². The van der Waals surface area contributed by atoms with Gasteiger partial charge in [-0.3, -0.25) is 9.59 Å². The molecule has 6 aromatic rings. The normalized spacial score (nSPS) is 13.9. The van der Waals surface area contributed by atoms with Crippen LogP contribution in [0.15, 0.2) is 121 Å². The number of ketones is 2. The van der Waals surface area contributed by atoms with Gasteiger partial charge >= 0.3 is 0 Å². The molecule has 42 heavy (non-hydrogen) atoms. The monoisotopic (exact) mass is 546 g/mol. The molecule has 0 aromatic heterocycles. The van der Waals surface area contributed by atoms with Gasteiger partial charge in [-0.15, -0.1) is 0 Å². The highest BCUT2D eigenvalue weighted by molar-refractivity contribution is 6.31. The van der Waals surface area contributed by atoms with Crippen LogP contribution in [0.25, 0.3) is 21.5 Å². The molecule has 0 bridgehead atoms. The SMILES string of the molecule is C[C@H](Nc1cccc2c1C(=O)c1c(N[C@@H](C)c3cccc4ccccc34)cccc1C2=O)c1cccc2ccccc12. The Labute approximate surface area is 245 Å². The van der Waals surface area contributed by atoms with E-state index in [1.807, 2.05) is 48.5 Å². The number of benzene rings is 6. The number of rotatable bonds is 6. The van der Waals surface area contributed by atoms with E-state index in [9.17, 15) is 9.59 Å². The minimum absolute atomic E-state index is 0.0911. The Morgan fingerprint density at radius 2 is 0.857 bits per heavy atom. The zero-order valence-electron chi connectivity index (χ0n) is 23.5. The Bertz CT molecular complexity index is 1870. The molecule has 0 heterocycles. The van der Waals surface area contributed by atoms with Crippen LogP contribution in [0, 0.1) is 0 Å². The number of carbonyl (C=O) groups is 2. The molecule has 1 aliphatic carbocycles. The van der Waals surface area contributed by atoms with Crippen LogP contribution in [-0.2, 0) is 0 Å². The molecular formula is C38H30N2O2. The first-order valence-electron chi connectivity index (χ1n) is 14.3. The molecule has 4 heteroatoms. The van der Waals surface area contributed by atoms with Crippen LogP contribution in [-0.4, -0.2) is 11.6 Å². The molecule has 0 saturated carbocycles. The third-order valence-electron chi connectivity index (χ3n) is 8.40. The largest absolute Gasteiger partial charge is 0.378 e. The molecule has 2 atom stereocenters. The molecule has 0 saturated heterocycles. The van der Waals surface area contributed by atoms with Crippen molar-refractivity contribution in [2.75, 3.05) is 10.6 Å². The highest BCUT2D eigenvalue weighted by atomic mass is 16.1. The Kier molecular flexibility index (Phi) is 6.32. The van der Waals surface area contributed by atoms with Gasteiger partial charge in [-0.05, 0) is 58.7 Å². The summed E-state index contributed by atoms with van der Waals surface area (Å²) in [4.78, 5) is 28.1. The summed E-state index contributed by atoms with van der Waals surface area (Å²) in [6.07, 6.45) is 0. The minimum Gasteiger partial charge on any atom is -0.378 e. The van der Waals surface area contributed by atoms with Gasteiger partial charge in [0.1, 0.15) is 0 Å². The molecule has 4 nitrogen and oxygen atoms in total. The number of fused-ring (bicyclic) bond motifs is 4. The highest BCUT2D eigenvalue weighted by Gasteiger charge is 2.34. The number of nitrogens with one attached hydrogen (secondary N) is 2. The lowest BCUT2D eigenvalue weighted by Gasteiger charge is -2.26. The molecule has 0 spiro atoms. The molecule has 1 aliphatic rings. The quantitative estimate of drug-likeness (QED) is 0.218. The molecule has 204 valence electrons. The van der Waals surface area contributed by atoms with E-state index in [2.05, 4.69) is 85.1 Å². The third-order valence-corrected chi connectivity index (χ3v) is 8.40. The molecule has 0 unspecified atom stereocenters. The predicted octanol–water partition coefficient (Wildman–Crippen LogP) is 9.11. The third kappa shape index (κ3) is 4.24. The second kappa shape index (κ2) is 10.3. The highest BCUT2D eigenvalue weighted by Crippen LogP contribution is 2.38. The van der Waals surface area contributed by atoms with Gasteiger partial charge in [-0.2, -0.15) is 0 Å². The summed E-state index contributed by atoms with van der Waals surface area (Å²) in [5.41, 5.74) is 5.30. The summed E-state index contributed by atoms with van der Waals surface area (Å²) in [5.74, 6) is -0.288. The van der Waals surface area contributed by atoms with Gasteiger partial charge in [0, 0.05) is 34.6 Å². The maximum atomic E-state index is 14.3. The fourth-order valence-electron chi connectivity index (χ4n) is 6.36. The van der Waals surface area contributed by atoms with E-state index < -0.39 is 0 Å². The molecule has 6 aromatic carbocycles. The lowest BCUT2D eigenvalue weighted by Crippen LogP contribution is -2.25. The summed E-state index contributed by atoms with van der Waals surface area (Å²) >= 11 is 0. The topological polar surface area (TPSA) is 58.2 Å². The van der Waals surface area contributed by atoms with Crippen molar-refractivity contribution < 1.29 is 9.59 Å². The zero-order valence-corrected chi connectivity index (χ0v) is 23.5. The van der Waals surface area contributed by atoms with Gasteiger partial charge in [0.25, 0.3) is 0 Å². The maximum absolute atomic E-state index is 14.3.